The van der Waals surface area contributed by atoms with Crippen molar-refractivity contribution in [3.8, 4) is 0 Å². The van der Waals surface area contributed by atoms with Gasteiger partial charge in [0.05, 0.1) is 11.3 Å². The van der Waals surface area contributed by atoms with Crippen LogP contribution < -0.4 is 21.3 Å². The van der Waals surface area contributed by atoms with E-state index in [9.17, 15) is 38.9 Å². The van der Waals surface area contributed by atoms with Gasteiger partial charge in [-0.25, -0.2) is 0 Å². The minimum atomic E-state index is -1.15. The van der Waals surface area contributed by atoms with Crippen LogP contribution in [0.2, 0.25) is 0 Å². The van der Waals surface area contributed by atoms with Gasteiger partial charge in [0.1, 0.15) is 24.2 Å². The highest BCUT2D eigenvalue weighted by Gasteiger charge is 2.39. The molecule has 1 saturated heterocycles. The number of nitro groups is 1. The molecule has 0 spiro atoms. The average Bonchev–Trinajstić information content (AvgIpc) is 3.53. The number of hydrogen-bond acceptors (Lipinski definition) is 8. The molecule has 0 radical (unpaired) electrons. The van der Waals surface area contributed by atoms with E-state index in [0.29, 0.717) is 18.5 Å². The van der Waals surface area contributed by atoms with Crippen molar-refractivity contribution in [2.75, 3.05) is 11.9 Å². The number of carbonyl (C=O) groups excluding carboxylic acids is 5. The predicted molar refractivity (Wildman–Crippen MR) is 174 cm³/mol. The van der Waals surface area contributed by atoms with Crippen molar-refractivity contribution in [2.24, 2.45) is 5.92 Å². The smallest absolute Gasteiger partial charge is 0.303 e. The summed E-state index contributed by atoms with van der Waals surface area (Å²) in [5.74, 6) is -4.00. The lowest BCUT2D eigenvalue weighted by atomic mass is 10.0. The quantitative estimate of drug-likeness (QED) is 0.131. The summed E-state index contributed by atoms with van der Waals surface area (Å²) in [7, 11) is 0. The number of likely N-dealkylation sites (tertiary alicyclic amines) is 1. The zero-order valence-electron chi connectivity index (χ0n) is 27.1. The number of nitrogens with one attached hydrogen (secondary N) is 4. The summed E-state index contributed by atoms with van der Waals surface area (Å²) in [6, 6.07) is 10.3. The Morgan fingerprint density at radius 3 is 2.17 bits per heavy atom. The number of aliphatic carboxylic acids is 1. The van der Waals surface area contributed by atoms with E-state index in [-0.39, 0.29) is 37.4 Å². The number of carboxylic acids is 1. The van der Waals surface area contributed by atoms with E-state index in [1.165, 1.54) is 36.1 Å². The van der Waals surface area contributed by atoms with E-state index in [1.54, 1.807) is 24.3 Å². The summed E-state index contributed by atoms with van der Waals surface area (Å²) in [6.45, 7) is 5.41. The SMILES string of the molecule is CC(C)C[C@H](NC(=O)[C@H](C)NC(=O)CCC(=O)O)C(=O)N1CCC[C@@H]1C(=O)N[C@H](Cc1ccccc1)C(=O)Nc1ccc([N+](=O)[O-])cc1. The van der Waals surface area contributed by atoms with Crippen LogP contribution in [-0.4, -0.2) is 81.1 Å². The fourth-order valence-corrected chi connectivity index (χ4v) is 5.32. The van der Waals surface area contributed by atoms with Gasteiger partial charge in [0, 0.05) is 37.2 Å². The van der Waals surface area contributed by atoms with Crippen LogP contribution in [0.5, 0.6) is 0 Å². The molecule has 15 nitrogen and oxygen atoms in total. The second-order valence-electron chi connectivity index (χ2n) is 12.1. The molecule has 3 rings (SSSR count). The third-order valence-electron chi connectivity index (χ3n) is 7.76. The molecule has 4 atom stereocenters. The number of amides is 5. The maximum absolute atomic E-state index is 13.8. The first-order valence-electron chi connectivity index (χ1n) is 15.8. The predicted octanol–water partition coefficient (Wildman–Crippen LogP) is 2.15. The summed E-state index contributed by atoms with van der Waals surface area (Å²) < 4.78 is 0. The van der Waals surface area contributed by atoms with Gasteiger partial charge in [0.15, 0.2) is 0 Å². The normalized spacial score (nSPS) is 15.9. The van der Waals surface area contributed by atoms with Crippen molar-refractivity contribution in [2.45, 2.75) is 83.5 Å². The summed E-state index contributed by atoms with van der Waals surface area (Å²) in [5.41, 5.74) is 0.926. The number of nitro benzene ring substituents is 1. The third-order valence-corrected chi connectivity index (χ3v) is 7.76. The largest absolute Gasteiger partial charge is 0.481 e. The Hall–Kier alpha value is -5.34. The van der Waals surface area contributed by atoms with Crippen LogP contribution in [-0.2, 0) is 35.2 Å². The van der Waals surface area contributed by atoms with Crippen molar-refractivity contribution < 1.29 is 38.8 Å². The minimum Gasteiger partial charge on any atom is -0.481 e. The van der Waals surface area contributed by atoms with Crippen LogP contribution in [0.15, 0.2) is 54.6 Å². The topological polar surface area (TPSA) is 217 Å². The van der Waals surface area contributed by atoms with Gasteiger partial charge in [0.25, 0.3) is 5.69 Å². The number of hydrogen-bond donors (Lipinski definition) is 5. The maximum Gasteiger partial charge on any atom is 0.303 e. The zero-order chi connectivity index (χ0) is 35.4. The molecule has 258 valence electrons. The lowest BCUT2D eigenvalue weighted by Gasteiger charge is -2.31. The first-order chi connectivity index (χ1) is 22.7. The Morgan fingerprint density at radius 2 is 1.56 bits per heavy atom. The molecule has 5 N–H and O–H groups in total. The number of non-ortho nitro benzene ring substituents is 1. The number of carbonyl (C=O) groups is 6. The number of anilines is 1. The lowest BCUT2D eigenvalue weighted by molar-refractivity contribution is -0.384. The van der Waals surface area contributed by atoms with E-state index in [1.807, 2.05) is 19.9 Å². The summed E-state index contributed by atoms with van der Waals surface area (Å²) >= 11 is 0. The van der Waals surface area contributed by atoms with Crippen LogP contribution in [0, 0.1) is 16.0 Å². The molecule has 1 fully saturated rings. The van der Waals surface area contributed by atoms with Crippen LogP contribution in [0.4, 0.5) is 11.4 Å². The van der Waals surface area contributed by atoms with Crippen LogP contribution in [0.1, 0.15) is 58.4 Å². The van der Waals surface area contributed by atoms with Crippen LogP contribution in [0.3, 0.4) is 0 Å². The van der Waals surface area contributed by atoms with Gasteiger partial charge in [-0.15, -0.1) is 0 Å². The third kappa shape index (κ3) is 11.2. The molecule has 15 heteroatoms. The molecule has 2 aromatic carbocycles. The average molecular weight is 667 g/mol. The van der Waals surface area contributed by atoms with Crippen molar-refractivity contribution in [1.29, 1.82) is 0 Å². The molecule has 0 aliphatic carbocycles. The molecule has 5 amide bonds. The number of benzene rings is 2. The van der Waals surface area contributed by atoms with Crippen molar-refractivity contribution >= 4 is 46.9 Å². The van der Waals surface area contributed by atoms with E-state index in [2.05, 4.69) is 21.3 Å². The van der Waals surface area contributed by atoms with Crippen molar-refractivity contribution in [3.63, 3.8) is 0 Å². The monoisotopic (exact) mass is 666 g/mol. The number of carboxylic acid groups (broad SMARTS) is 1. The molecular formula is C33H42N6O9. The fourth-order valence-electron chi connectivity index (χ4n) is 5.32. The first kappa shape index (κ1) is 37.1. The van der Waals surface area contributed by atoms with E-state index < -0.39 is 71.0 Å². The van der Waals surface area contributed by atoms with Gasteiger partial charge in [-0.05, 0) is 49.8 Å². The Labute approximate surface area is 278 Å². The highest BCUT2D eigenvalue weighted by atomic mass is 16.6. The molecule has 0 saturated carbocycles. The lowest BCUT2D eigenvalue weighted by Crippen LogP contribution is -2.57. The van der Waals surface area contributed by atoms with Gasteiger partial charge in [-0.1, -0.05) is 44.2 Å². The second-order valence-corrected chi connectivity index (χ2v) is 12.1. The molecule has 0 bridgehead atoms. The maximum atomic E-state index is 13.8. The molecule has 1 aliphatic rings. The van der Waals surface area contributed by atoms with Crippen LogP contribution in [0.25, 0.3) is 0 Å². The van der Waals surface area contributed by atoms with Gasteiger partial charge in [-0.2, -0.15) is 0 Å². The highest BCUT2D eigenvalue weighted by Crippen LogP contribution is 2.22. The van der Waals surface area contributed by atoms with Gasteiger partial charge < -0.3 is 31.3 Å². The molecule has 1 heterocycles. The molecular weight excluding hydrogens is 624 g/mol. The summed E-state index contributed by atoms with van der Waals surface area (Å²) in [6.07, 6.45) is 0.539. The molecule has 0 aromatic heterocycles. The first-order valence-corrected chi connectivity index (χ1v) is 15.8. The standard InChI is InChI=1S/C33H42N6O9/c1-20(2)18-26(37-30(43)21(3)34-28(40)15-16-29(41)42)33(46)38-17-7-10-27(38)32(45)36-25(19-22-8-5-4-6-9-22)31(44)35-23-11-13-24(14-12-23)39(47)48/h4-6,8-9,11-14,20-21,25-27H,7,10,15-19H2,1-3H3,(H,34,40)(H,35,44)(H,36,45)(H,37,43)(H,41,42)/t21-,25+,26-,27+/m0/s1. The Balaban J connectivity index is 1.74. The van der Waals surface area contributed by atoms with Crippen molar-refractivity contribution in [3.05, 3.63) is 70.3 Å². The van der Waals surface area contributed by atoms with E-state index >= 15 is 0 Å². The van der Waals surface area contributed by atoms with E-state index in [0.717, 1.165) is 5.56 Å². The molecule has 1 aliphatic heterocycles. The Kier molecular flexibility index (Phi) is 13.6. The minimum absolute atomic E-state index is 0.0204. The molecule has 48 heavy (non-hydrogen) atoms. The van der Waals surface area contributed by atoms with Gasteiger partial charge in [0.2, 0.25) is 29.5 Å². The summed E-state index contributed by atoms with van der Waals surface area (Å²) in [5, 5.41) is 30.4. The second kappa shape index (κ2) is 17.5. The molecule has 2 aromatic rings. The van der Waals surface area contributed by atoms with Crippen LogP contribution >= 0.6 is 0 Å². The molecule has 0 unspecified atom stereocenters. The van der Waals surface area contributed by atoms with E-state index in [4.69, 9.17) is 5.11 Å². The number of nitrogens with zero attached hydrogens (tertiary/aromatic N) is 2. The summed E-state index contributed by atoms with van der Waals surface area (Å²) in [4.78, 5) is 88.6. The van der Waals surface area contributed by atoms with Crippen molar-refractivity contribution in [1.82, 2.24) is 20.9 Å². The fraction of sp³-hybridized carbons (Fsp3) is 0.455. The van der Waals surface area contributed by atoms with Gasteiger partial charge >= 0.3 is 5.97 Å². The number of rotatable bonds is 16. The highest BCUT2D eigenvalue weighted by molar-refractivity contribution is 5.99. The Morgan fingerprint density at radius 1 is 0.896 bits per heavy atom. The zero-order valence-corrected chi connectivity index (χ0v) is 27.1. The van der Waals surface area contributed by atoms with Gasteiger partial charge in [-0.3, -0.25) is 38.9 Å². The Bertz CT molecular complexity index is 1480.